The number of nitrogens with zero attached hydrogens (tertiary/aromatic N) is 1. The molecule has 2 N–H and O–H groups in total. The van der Waals surface area contributed by atoms with Crippen LogP contribution in [0.1, 0.15) is 37.3 Å². The van der Waals surface area contributed by atoms with Crippen molar-refractivity contribution in [2.45, 2.75) is 43.9 Å². The van der Waals surface area contributed by atoms with Crippen molar-refractivity contribution in [3.05, 3.63) is 34.9 Å². The number of piperidine rings is 1. The number of hydrogen-bond acceptors (Lipinski definition) is 4. The van der Waals surface area contributed by atoms with Gasteiger partial charge in [0.1, 0.15) is 0 Å². The predicted molar refractivity (Wildman–Crippen MR) is 97.4 cm³/mol. The lowest BCUT2D eigenvalue weighted by Crippen LogP contribution is -2.46. The van der Waals surface area contributed by atoms with Crippen molar-refractivity contribution in [3.8, 4) is 0 Å². The third-order valence-corrected chi connectivity index (χ3v) is 5.41. The van der Waals surface area contributed by atoms with Crippen LogP contribution in [0.5, 0.6) is 0 Å². The third kappa shape index (κ3) is 5.17. The number of likely N-dealkylation sites (tertiary alicyclic amines) is 1. The van der Waals surface area contributed by atoms with Crippen LogP contribution in [0.4, 0.5) is 0 Å². The molecule has 2 aliphatic rings. The molecule has 0 bridgehead atoms. The van der Waals surface area contributed by atoms with Crippen LogP contribution in [-0.2, 0) is 4.74 Å². The van der Waals surface area contributed by atoms with Gasteiger partial charge in [-0.15, -0.1) is 0 Å². The molecular formula is C19H29ClN2O2. The van der Waals surface area contributed by atoms with Gasteiger partial charge in [0.05, 0.1) is 12.7 Å². The molecule has 1 saturated carbocycles. The van der Waals surface area contributed by atoms with Gasteiger partial charge in [-0.2, -0.15) is 0 Å². The number of β-amino-alcohol motifs (C(OH)–C–C–N with tert-alkyl or cyclic N) is 1. The highest BCUT2D eigenvalue weighted by Gasteiger charge is 2.34. The van der Waals surface area contributed by atoms with Crippen molar-refractivity contribution in [2.75, 3.05) is 33.4 Å². The summed E-state index contributed by atoms with van der Waals surface area (Å²) in [5.41, 5.74) is 1.36. The number of nitrogens with one attached hydrogen (secondary N) is 1. The number of benzene rings is 1. The normalized spacial score (nSPS) is 22.5. The van der Waals surface area contributed by atoms with Crippen LogP contribution in [0, 0.1) is 5.92 Å². The highest BCUT2D eigenvalue weighted by atomic mass is 35.5. The fraction of sp³-hybridized carbons (Fsp3) is 0.684. The number of rotatable bonds is 8. The second-order valence-electron chi connectivity index (χ2n) is 7.22. The molecule has 4 nitrogen and oxygen atoms in total. The lowest BCUT2D eigenvalue weighted by Gasteiger charge is -2.35. The quantitative estimate of drug-likeness (QED) is 0.755. The Morgan fingerprint density at radius 1 is 1.21 bits per heavy atom. The summed E-state index contributed by atoms with van der Waals surface area (Å²) in [6.45, 7) is 3.20. The maximum atomic E-state index is 9.87. The van der Waals surface area contributed by atoms with Gasteiger partial charge in [-0.1, -0.05) is 23.7 Å². The van der Waals surface area contributed by atoms with Crippen molar-refractivity contribution in [2.24, 2.45) is 5.92 Å². The van der Waals surface area contributed by atoms with Crippen molar-refractivity contribution >= 4 is 11.6 Å². The second-order valence-corrected chi connectivity index (χ2v) is 7.65. The van der Waals surface area contributed by atoms with E-state index in [1.165, 1.54) is 18.4 Å². The van der Waals surface area contributed by atoms with Crippen molar-refractivity contribution in [1.29, 1.82) is 0 Å². The molecule has 134 valence electrons. The van der Waals surface area contributed by atoms with Gasteiger partial charge in [-0.25, -0.2) is 0 Å². The van der Waals surface area contributed by atoms with Crippen LogP contribution in [0.3, 0.4) is 0 Å². The SMILES string of the molecule is COC[C@H](O)CN1CCC(N[C@H](c2ccc(Cl)cc2)C2CC2)CC1. The van der Waals surface area contributed by atoms with Crippen LogP contribution in [-0.4, -0.2) is 55.5 Å². The highest BCUT2D eigenvalue weighted by molar-refractivity contribution is 6.30. The van der Waals surface area contributed by atoms with E-state index in [0.717, 1.165) is 36.9 Å². The van der Waals surface area contributed by atoms with E-state index in [-0.39, 0.29) is 6.10 Å². The van der Waals surface area contributed by atoms with E-state index in [0.29, 0.717) is 25.2 Å². The predicted octanol–water partition coefficient (Wildman–Crippen LogP) is 2.85. The Hall–Kier alpha value is -0.650. The van der Waals surface area contributed by atoms with E-state index in [1.807, 2.05) is 12.1 Å². The fourth-order valence-electron chi connectivity index (χ4n) is 3.68. The van der Waals surface area contributed by atoms with Gasteiger partial charge in [0.2, 0.25) is 0 Å². The number of halogens is 1. The number of methoxy groups -OCH3 is 1. The zero-order valence-electron chi connectivity index (χ0n) is 14.5. The molecule has 2 atom stereocenters. The lowest BCUT2D eigenvalue weighted by molar-refractivity contribution is 0.0306. The van der Waals surface area contributed by atoms with Crippen LogP contribution < -0.4 is 5.32 Å². The van der Waals surface area contributed by atoms with E-state index in [9.17, 15) is 5.11 Å². The molecule has 3 rings (SSSR count). The molecule has 0 amide bonds. The number of aliphatic hydroxyl groups excluding tert-OH is 1. The molecule has 1 heterocycles. The Balaban J connectivity index is 1.49. The average Bonchev–Trinajstić information content (AvgIpc) is 3.40. The Morgan fingerprint density at radius 2 is 1.88 bits per heavy atom. The Morgan fingerprint density at radius 3 is 2.46 bits per heavy atom. The summed E-state index contributed by atoms with van der Waals surface area (Å²) in [5.74, 6) is 0.771. The minimum atomic E-state index is -0.382. The molecule has 1 aliphatic carbocycles. The number of aliphatic hydroxyl groups is 1. The Labute approximate surface area is 150 Å². The summed E-state index contributed by atoms with van der Waals surface area (Å²) < 4.78 is 5.01. The molecule has 2 fully saturated rings. The first-order valence-electron chi connectivity index (χ1n) is 9.06. The molecule has 0 unspecified atom stereocenters. The number of hydrogen-bond donors (Lipinski definition) is 2. The first-order valence-corrected chi connectivity index (χ1v) is 9.44. The molecule has 1 aromatic rings. The molecule has 24 heavy (non-hydrogen) atoms. The minimum absolute atomic E-state index is 0.382. The lowest BCUT2D eigenvalue weighted by atomic mass is 9.98. The van der Waals surface area contributed by atoms with Crippen LogP contribution >= 0.6 is 11.6 Å². The summed E-state index contributed by atoms with van der Waals surface area (Å²) in [4.78, 5) is 2.34. The Bertz CT molecular complexity index is 499. The number of ether oxygens (including phenoxy) is 1. The van der Waals surface area contributed by atoms with Gasteiger partial charge >= 0.3 is 0 Å². The summed E-state index contributed by atoms with van der Waals surface area (Å²) in [6.07, 6.45) is 4.53. The standard InChI is InChI=1S/C19H29ClN2O2/c1-24-13-18(23)12-22-10-8-17(9-11-22)21-19(14-2-3-14)15-4-6-16(20)7-5-15/h4-7,14,17-19,21,23H,2-3,8-13H2,1H3/t18-,19+/m1/s1. The Kier molecular flexibility index (Phi) is 6.53. The van der Waals surface area contributed by atoms with Crippen LogP contribution in [0.2, 0.25) is 5.02 Å². The van der Waals surface area contributed by atoms with E-state index in [2.05, 4.69) is 22.3 Å². The summed E-state index contributed by atoms with van der Waals surface area (Å²) in [5, 5.41) is 14.6. The first-order chi connectivity index (χ1) is 11.7. The molecule has 1 aromatic carbocycles. The van der Waals surface area contributed by atoms with Crippen molar-refractivity contribution < 1.29 is 9.84 Å². The molecule has 1 aliphatic heterocycles. The highest BCUT2D eigenvalue weighted by Crippen LogP contribution is 2.41. The minimum Gasteiger partial charge on any atom is -0.389 e. The molecular weight excluding hydrogens is 324 g/mol. The van der Waals surface area contributed by atoms with Gasteiger partial charge in [0.15, 0.2) is 0 Å². The van der Waals surface area contributed by atoms with E-state index in [4.69, 9.17) is 16.3 Å². The van der Waals surface area contributed by atoms with E-state index in [1.54, 1.807) is 7.11 Å². The average molecular weight is 353 g/mol. The molecule has 5 heteroatoms. The van der Waals surface area contributed by atoms with Crippen molar-refractivity contribution in [3.63, 3.8) is 0 Å². The monoisotopic (exact) mass is 352 g/mol. The van der Waals surface area contributed by atoms with Gasteiger partial charge in [0, 0.05) is 30.8 Å². The second kappa shape index (κ2) is 8.63. The van der Waals surface area contributed by atoms with Gasteiger partial charge in [-0.3, -0.25) is 0 Å². The van der Waals surface area contributed by atoms with E-state index < -0.39 is 0 Å². The smallest absolute Gasteiger partial charge is 0.0900 e. The summed E-state index contributed by atoms with van der Waals surface area (Å²) in [7, 11) is 1.63. The van der Waals surface area contributed by atoms with Crippen LogP contribution in [0.25, 0.3) is 0 Å². The maximum Gasteiger partial charge on any atom is 0.0900 e. The van der Waals surface area contributed by atoms with Gasteiger partial charge < -0.3 is 20.1 Å². The molecule has 0 spiro atoms. The fourth-order valence-corrected chi connectivity index (χ4v) is 3.81. The molecule has 0 radical (unpaired) electrons. The summed E-state index contributed by atoms with van der Waals surface area (Å²) >= 11 is 6.03. The molecule has 0 aromatic heterocycles. The van der Waals surface area contributed by atoms with Gasteiger partial charge in [0.25, 0.3) is 0 Å². The molecule has 1 saturated heterocycles. The van der Waals surface area contributed by atoms with Crippen LogP contribution in [0.15, 0.2) is 24.3 Å². The first kappa shape index (κ1) is 18.2. The topological polar surface area (TPSA) is 44.7 Å². The zero-order chi connectivity index (χ0) is 16.9. The third-order valence-electron chi connectivity index (χ3n) is 5.15. The summed E-state index contributed by atoms with van der Waals surface area (Å²) in [6, 6.07) is 9.32. The maximum absolute atomic E-state index is 9.87. The zero-order valence-corrected chi connectivity index (χ0v) is 15.2. The largest absolute Gasteiger partial charge is 0.389 e. The van der Waals surface area contributed by atoms with E-state index >= 15 is 0 Å². The van der Waals surface area contributed by atoms with Gasteiger partial charge in [-0.05, 0) is 62.4 Å². The van der Waals surface area contributed by atoms with Crippen molar-refractivity contribution in [1.82, 2.24) is 10.2 Å².